The number of nitrogens with zero attached hydrogens (tertiary/aromatic N) is 1. The average molecular weight is 220 g/mol. The lowest BCUT2D eigenvalue weighted by atomic mass is 9.97. The van der Waals surface area contributed by atoms with Crippen LogP contribution in [0.15, 0.2) is 24.3 Å². The van der Waals surface area contributed by atoms with Gasteiger partial charge in [0.05, 0.1) is 18.8 Å². The number of benzene rings is 1. The molecule has 88 valence electrons. The van der Waals surface area contributed by atoms with E-state index in [1.807, 2.05) is 0 Å². The van der Waals surface area contributed by atoms with E-state index >= 15 is 0 Å². The zero-order valence-electron chi connectivity index (χ0n) is 10.0. The van der Waals surface area contributed by atoms with Crippen molar-refractivity contribution in [2.24, 2.45) is 5.73 Å². The van der Waals surface area contributed by atoms with Crippen molar-refractivity contribution in [1.29, 1.82) is 0 Å². The minimum atomic E-state index is 0.112. The van der Waals surface area contributed by atoms with Crippen LogP contribution >= 0.6 is 0 Å². The van der Waals surface area contributed by atoms with Crippen LogP contribution in [0.4, 0.5) is 0 Å². The van der Waals surface area contributed by atoms with Gasteiger partial charge in [-0.15, -0.1) is 0 Å². The van der Waals surface area contributed by atoms with Crippen molar-refractivity contribution < 1.29 is 4.74 Å². The van der Waals surface area contributed by atoms with Crippen molar-refractivity contribution in [3.63, 3.8) is 0 Å². The SMILES string of the molecule is Cc1cccc(C2C(CN)OCCN2C)c1. The fourth-order valence-corrected chi connectivity index (χ4v) is 2.38. The first-order chi connectivity index (χ1) is 7.72. The Labute approximate surface area is 97.2 Å². The Morgan fingerprint density at radius 1 is 1.50 bits per heavy atom. The molecule has 2 unspecified atom stereocenters. The van der Waals surface area contributed by atoms with E-state index in [-0.39, 0.29) is 6.10 Å². The summed E-state index contributed by atoms with van der Waals surface area (Å²) >= 11 is 0. The smallest absolute Gasteiger partial charge is 0.0894 e. The molecule has 1 aromatic carbocycles. The summed E-state index contributed by atoms with van der Waals surface area (Å²) < 4.78 is 5.74. The molecule has 1 aliphatic heterocycles. The zero-order valence-corrected chi connectivity index (χ0v) is 10.0. The molecule has 0 aromatic heterocycles. The molecule has 1 saturated heterocycles. The second kappa shape index (κ2) is 4.95. The van der Waals surface area contributed by atoms with Crippen LogP contribution in [-0.2, 0) is 4.74 Å². The minimum absolute atomic E-state index is 0.112. The maximum Gasteiger partial charge on any atom is 0.0894 e. The highest BCUT2D eigenvalue weighted by atomic mass is 16.5. The zero-order chi connectivity index (χ0) is 11.5. The third-order valence-corrected chi connectivity index (χ3v) is 3.22. The summed E-state index contributed by atoms with van der Waals surface area (Å²) in [5.74, 6) is 0. The van der Waals surface area contributed by atoms with Crippen molar-refractivity contribution in [3.8, 4) is 0 Å². The minimum Gasteiger partial charge on any atom is -0.374 e. The Balaban J connectivity index is 2.28. The lowest BCUT2D eigenvalue weighted by molar-refractivity contribution is -0.0576. The van der Waals surface area contributed by atoms with Gasteiger partial charge in [0.15, 0.2) is 0 Å². The molecule has 16 heavy (non-hydrogen) atoms. The summed E-state index contributed by atoms with van der Waals surface area (Å²) in [7, 11) is 2.14. The molecule has 3 nitrogen and oxygen atoms in total. The van der Waals surface area contributed by atoms with Crippen molar-refractivity contribution in [3.05, 3.63) is 35.4 Å². The quantitative estimate of drug-likeness (QED) is 0.817. The van der Waals surface area contributed by atoms with Crippen LogP contribution in [0.5, 0.6) is 0 Å². The number of nitrogens with two attached hydrogens (primary N) is 1. The second-order valence-corrected chi connectivity index (χ2v) is 4.48. The van der Waals surface area contributed by atoms with Gasteiger partial charge in [-0.2, -0.15) is 0 Å². The molecule has 3 heteroatoms. The summed E-state index contributed by atoms with van der Waals surface area (Å²) in [6, 6.07) is 8.88. The lowest BCUT2D eigenvalue weighted by Gasteiger charge is -2.39. The Hall–Kier alpha value is -0.900. The highest BCUT2D eigenvalue weighted by Gasteiger charge is 2.30. The topological polar surface area (TPSA) is 38.5 Å². The number of hydrogen-bond acceptors (Lipinski definition) is 3. The summed E-state index contributed by atoms with van der Waals surface area (Å²) in [5, 5.41) is 0. The first-order valence-electron chi connectivity index (χ1n) is 5.81. The standard InChI is InChI=1S/C13H20N2O/c1-10-4-3-5-11(8-10)13-12(9-14)16-7-6-15(13)2/h3-5,8,12-13H,6-7,9,14H2,1-2H3. The van der Waals surface area contributed by atoms with Crippen LogP contribution in [0.25, 0.3) is 0 Å². The third kappa shape index (κ3) is 2.26. The fourth-order valence-electron chi connectivity index (χ4n) is 2.38. The Bertz CT molecular complexity index is 354. The molecule has 2 N–H and O–H groups in total. The highest BCUT2D eigenvalue weighted by molar-refractivity contribution is 5.26. The van der Waals surface area contributed by atoms with Crippen LogP contribution in [0.2, 0.25) is 0 Å². The molecule has 2 atom stereocenters. The molecule has 0 spiro atoms. The van der Waals surface area contributed by atoms with Gasteiger partial charge in [-0.05, 0) is 19.5 Å². The molecule has 1 aliphatic rings. The molecule has 0 saturated carbocycles. The molecule has 0 bridgehead atoms. The van der Waals surface area contributed by atoms with Gasteiger partial charge in [0.25, 0.3) is 0 Å². The summed E-state index contributed by atoms with van der Waals surface area (Å²) in [4.78, 5) is 2.33. The van der Waals surface area contributed by atoms with Gasteiger partial charge in [-0.3, -0.25) is 4.90 Å². The molecule has 0 radical (unpaired) electrons. The molecule has 1 aromatic rings. The number of rotatable bonds is 2. The van der Waals surface area contributed by atoms with E-state index in [1.165, 1.54) is 11.1 Å². The van der Waals surface area contributed by atoms with Gasteiger partial charge in [0, 0.05) is 13.1 Å². The number of aryl methyl sites for hydroxylation is 1. The number of ether oxygens (including phenoxy) is 1. The predicted molar refractivity (Wildman–Crippen MR) is 65.3 cm³/mol. The molecular formula is C13H20N2O. The van der Waals surface area contributed by atoms with E-state index in [9.17, 15) is 0 Å². The Morgan fingerprint density at radius 3 is 3.00 bits per heavy atom. The molecule has 0 amide bonds. The van der Waals surface area contributed by atoms with Gasteiger partial charge < -0.3 is 10.5 Å². The van der Waals surface area contributed by atoms with Crippen LogP contribution in [0, 0.1) is 6.92 Å². The maximum absolute atomic E-state index is 5.78. The highest BCUT2D eigenvalue weighted by Crippen LogP contribution is 2.28. The normalized spacial score (nSPS) is 26.9. The number of hydrogen-bond donors (Lipinski definition) is 1. The van der Waals surface area contributed by atoms with Gasteiger partial charge >= 0.3 is 0 Å². The van der Waals surface area contributed by atoms with Gasteiger partial charge in [0.1, 0.15) is 0 Å². The molecular weight excluding hydrogens is 200 g/mol. The first kappa shape index (κ1) is 11.6. The molecule has 2 rings (SSSR count). The van der Waals surface area contributed by atoms with Crippen molar-refractivity contribution in [2.75, 3.05) is 26.7 Å². The van der Waals surface area contributed by atoms with Gasteiger partial charge in [-0.25, -0.2) is 0 Å². The van der Waals surface area contributed by atoms with E-state index in [0.717, 1.165) is 13.2 Å². The van der Waals surface area contributed by atoms with Crippen molar-refractivity contribution >= 4 is 0 Å². The maximum atomic E-state index is 5.78. The van der Waals surface area contributed by atoms with Gasteiger partial charge in [0.2, 0.25) is 0 Å². The number of morpholine rings is 1. The second-order valence-electron chi connectivity index (χ2n) is 4.48. The Kier molecular flexibility index (Phi) is 3.59. The van der Waals surface area contributed by atoms with Crippen LogP contribution < -0.4 is 5.73 Å². The molecule has 0 aliphatic carbocycles. The summed E-state index contributed by atoms with van der Waals surface area (Å²) in [6.45, 7) is 4.43. The number of likely N-dealkylation sites (N-methyl/N-ethyl adjacent to an activating group) is 1. The average Bonchev–Trinajstić information content (AvgIpc) is 2.28. The van der Waals surface area contributed by atoms with E-state index in [1.54, 1.807) is 0 Å². The monoisotopic (exact) mass is 220 g/mol. The largest absolute Gasteiger partial charge is 0.374 e. The van der Waals surface area contributed by atoms with Crippen molar-refractivity contribution in [1.82, 2.24) is 4.90 Å². The van der Waals surface area contributed by atoms with Crippen LogP contribution in [0.3, 0.4) is 0 Å². The van der Waals surface area contributed by atoms with E-state index in [4.69, 9.17) is 10.5 Å². The predicted octanol–water partition coefficient (Wildman–Crippen LogP) is 1.33. The Morgan fingerprint density at radius 2 is 2.31 bits per heavy atom. The van der Waals surface area contributed by atoms with Crippen LogP contribution in [-0.4, -0.2) is 37.7 Å². The van der Waals surface area contributed by atoms with E-state index in [0.29, 0.717) is 12.6 Å². The van der Waals surface area contributed by atoms with Crippen LogP contribution in [0.1, 0.15) is 17.2 Å². The van der Waals surface area contributed by atoms with E-state index < -0.39 is 0 Å². The fraction of sp³-hybridized carbons (Fsp3) is 0.538. The third-order valence-electron chi connectivity index (χ3n) is 3.22. The van der Waals surface area contributed by atoms with Gasteiger partial charge in [-0.1, -0.05) is 29.8 Å². The van der Waals surface area contributed by atoms with Crippen molar-refractivity contribution in [2.45, 2.75) is 19.1 Å². The van der Waals surface area contributed by atoms with E-state index in [2.05, 4.69) is 43.1 Å². The molecule has 1 heterocycles. The summed E-state index contributed by atoms with van der Waals surface area (Å²) in [6.07, 6.45) is 0.112. The lowest BCUT2D eigenvalue weighted by Crippen LogP contribution is -2.46. The molecule has 1 fully saturated rings. The summed E-state index contributed by atoms with van der Waals surface area (Å²) in [5.41, 5.74) is 8.37. The first-order valence-corrected chi connectivity index (χ1v) is 5.81.